The van der Waals surface area contributed by atoms with Crippen LogP contribution in [0.15, 0.2) is 0 Å². The van der Waals surface area contributed by atoms with E-state index in [1.807, 2.05) is 0 Å². The monoisotopic (exact) mass is 281 g/mol. The molecule has 0 atom stereocenters. The second-order valence-electron chi connectivity index (χ2n) is 0. The minimum Gasteiger partial charge on any atom is -0.412 e. The Morgan fingerprint density at radius 2 is 1.00 bits per heavy atom. The summed E-state index contributed by atoms with van der Waals surface area (Å²) in [5.74, 6) is 0. The third kappa shape index (κ3) is 9.85. The predicted octanol–water partition coefficient (Wildman–Crippen LogP) is -1.21. The quantitative estimate of drug-likeness (QED) is 0.499. The van der Waals surface area contributed by atoms with Gasteiger partial charge in [-0.2, -0.15) is 0 Å². The van der Waals surface area contributed by atoms with Crippen molar-refractivity contribution in [2.24, 2.45) is 0 Å². The van der Waals surface area contributed by atoms with Gasteiger partial charge in [-0.3, -0.25) is 0 Å². The van der Waals surface area contributed by atoms with Gasteiger partial charge in [0.05, 0.1) is 0 Å². The molecule has 0 amide bonds. The molecule has 0 aliphatic rings. The zero-order valence-corrected chi connectivity index (χ0v) is 7.19. The fraction of sp³-hybridized carbons (Fsp3) is 0. The van der Waals surface area contributed by atoms with Crippen LogP contribution in [0.1, 0.15) is 0 Å². The van der Waals surface area contributed by atoms with Gasteiger partial charge in [-0.1, -0.05) is 0 Å². The Labute approximate surface area is 56.0 Å². The van der Waals surface area contributed by atoms with Crippen molar-refractivity contribution in [1.82, 2.24) is 0 Å². The third-order valence-corrected chi connectivity index (χ3v) is 0. The molecule has 0 fully saturated rings. The Balaban J connectivity index is 0. The van der Waals surface area contributed by atoms with Crippen LogP contribution in [0.5, 0.6) is 0 Å². The van der Waals surface area contributed by atoms with Crippen LogP contribution in [0, 0.1) is 0 Å². The summed E-state index contributed by atoms with van der Waals surface area (Å²) in [4.78, 5) is 0. The largest absolute Gasteiger partial charge is 0.412 e. The van der Waals surface area contributed by atoms with E-state index < -0.39 is 0 Å². The van der Waals surface area contributed by atoms with Gasteiger partial charge in [-0.25, -0.2) is 0 Å². The molecule has 0 bridgehead atoms. The zero-order chi connectivity index (χ0) is 0. The smallest absolute Gasteiger partial charge is 0 e. The molecule has 0 saturated carbocycles. The Morgan fingerprint density at radius 1 is 1.00 bits per heavy atom. The molecule has 0 saturated heterocycles. The molecule has 2 N–H and O–H groups in total. The minimum atomic E-state index is 0. The van der Waals surface area contributed by atoms with E-state index in [-0.39, 0.29) is 56.1 Å². The fourth-order valence-corrected chi connectivity index (χ4v) is 0. The first kappa shape index (κ1) is 51.3. The van der Waals surface area contributed by atoms with Gasteiger partial charge in [-0.15, -0.1) is 0 Å². The Bertz CT molecular complexity index is 8.00. The Morgan fingerprint density at radius 3 is 1.00 bits per heavy atom. The molecule has 4 heavy (non-hydrogen) atoms. The van der Waals surface area contributed by atoms with E-state index >= 15 is 0 Å². The van der Waals surface area contributed by atoms with E-state index in [0.717, 1.165) is 0 Å². The average Bonchev–Trinajstić information content (AvgIpc) is 0. The number of hydrogen-bond acceptors (Lipinski definition) is 0. The standard InChI is InChI=1S/H2O.Si.V.W/h1H2;;;. The maximum absolute atomic E-state index is 0. The molecule has 5 radical (unpaired) electrons. The van der Waals surface area contributed by atoms with Crippen LogP contribution in [0.25, 0.3) is 0 Å². The van der Waals surface area contributed by atoms with E-state index in [9.17, 15) is 0 Å². The van der Waals surface area contributed by atoms with Gasteiger partial charge in [0.25, 0.3) is 0 Å². The van der Waals surface area contributed by atoms with Gasteiger partial charge in [-0.05, 0) is 0 Å². The Kier molecular flexibility index (Phi) is 323. The molecule has 0 spiro atoms. The van der Waals surface area contributed by atoms with Crippen LogP contribution in [-0.4, -0.2) is 16.4 Å². The first-order valence-electron chi connectivity index (χ1n) is 0. The van der Waals surface area contributed by atoms with Gasteiger partial charge in [0.2, 0.25) is 0 Å². The molecule has 1 nitrogen and oxygen atoms in total. The molecule has 0 aromatic carbocycles. The summed E-state index contributed by atoms with van der Waals surface area (Å²) in [6.45, 7) is 0. The Hall–Kier alpha value is 1.45. The molecule has 23 valence electrons. The van der Waals surface area contributed by atoms with Crippen LogP contribution >= 0.6 is 0 Å². The predicted molar refractivity (Wildman–Crippen MR) is 9.37 cm³/mol. The van der Waals surface area contributed by atoms with Crippen molar-refractivity contribution in [2.45, 2.75) is 0 Å². The second-order valence-corrected chi connectivity index (χ2v) is 0. The molecule has 0 unspecified atom stereocenters. The molecule has 0 aromatic heterocycles. The van der Waals surface area contributed by atoms with Gasteiger partial charge in [0.1, 0.15) is 0 Å². The van der Waals surface area contributed by atoms with Crippen LogP contribution in [0.4, 0.5) is 0 Å². The van der Waals surface area contributed by atoms with Gasteiger partial charge in [0, 0.05) is 50.6 Å². The molecule has 0 aliphatic heterocycles. The van der Waals surface area contributed by atoms with Gasteiger partial charge in [0.15, 0.2) is 0 Å². The topological polar surface area (TPSA) is 31.5 Å². The first-order chi connectivity index (χ1) is 0. The molecule has 0 aliphatic carbocycles. The van der Waals surface area contributed by atoms with E-state index in [0.29, 0.717) is 0 Å². The second kappa shape index (κ2) is 25.2. The average molecular weight is 281 g/mol. The summed E-state index contributed by atoms with van der Waals surface area (Å²) >= 11 is 0. The number of rotatable bonds is 0. The minimum absolute atomic E-state index is 0. The van der Waals surface area contributed by atoms with E-state index in [1.54, 1.807) is 0 Å². The summed E-state index contributed by atoms with van der Waals surface area (Å²) in [7, 11) is 0. The van der Waals surface area contributed by atoms with Crippen molar-refractivity contribution in [3.63, 3.8) is 0 Å². The maximum atomic E-state index is 0. The third-order valence-electron chi connectivity index (χ3n) is 0. The molecule has 0 heterocycles. The molecule has 4 heteroatoms. The summed E-state index contributed by atoms with van der Waals surface area (Å²) in [5.41, 5.74) is 0. The van der Waals surface area contributed by atoms with Crippen molar-refractivity contribution >= 4 is 11.0 Å². The van der Waals surface area contributed by atoms with Crippen LogP contribution in [0.2, 0.25) is 0 Å². The van der Waals surface area contributed by atoms with Gasteiger partial charge >= 0.3 is 0 Å². The maximum Gasteiger partial charge on any atom is 0 e. The van der Waals surface area contributed by atoms with E-state index in [1.165, 1.54) is 0 Å². The molecule has 0 aromatic rings. The van der Waals surface area contributed by atoms with Crippen molar-refractivity contribution in [1.29, 1.82) is 0 Å². The zero-order valence-electron chi connectivity index (χ0n) is 1.86. The van der Waals surface area contributed by atoms with Crippen LogP contribution in [0.3, 0.4) is 0 Å². The summed E-state index contributed by atoms with van der Waals surface area (Å²) in [5, 5.41) is 0. The van der Waals surface area contributed by atoms with Crippen molar-refractivity contribution in [3.05, 3.63) is 0 Å². The summed E-state index contributed by atoms with van der Waals surface area (Å²) in [6, 6.07) is 0. The van der Waals surface area contributed by atoms with E-state index in [4.69, 9.17) is 0 Å². The molecule has 0 rings (SSSR count). The van der Waals surface area contributed by atoms with E-state index in [2.05, 4.69) is 0 Å². The SMILES string of the molecule is O.[Si].[V].[W]. The first-order valence-corrected chi connectivity index (χ1v) is 0. The number of hydrogen-bond donors (Lipinski definition) is 0. The van der Waals surface area contributed by atoms with Crippen molar-refractivity contribution in [3.8, 4) is 0 Å². The summed E-state index contributed by atoms with van der Waals surface area (Å²) in [6.07, 6.45) is 0. The molecular weight excluding hydrogens is 279 g/mol. The van der Waals surface area contributed by atoms with Crippen LogP contribution in [-0.2, 0) is 39.6 Å². The summed E-state index contributed by atoms with van der Waals surface area (Å²) < 4.78 is 0. The fourth-order valence-electron chi connectivity index (χ4n) is 0. The van der Waals surface area contributed by atoms with Crippen LogP contribution < -0.4 is 0 Å². The van der Waals surface area contributed by atoms with Crippen molar-refractivity contribution in [2.75, 3.05) is 0 Å². The van der Waals surface area contributed by atoms with Crippen molar-refractivity contribution < 1.29 is 45.1 Å². The normalized spacial score (nSPS) is 0. The molecular formula is H2OSiVW. The van der Waals surface area contributed by atoms with Gasteiger partial charge < -0.3 is 5.48 Å².